The van der Waals surface area contributed by atoms with Gasteiger partial charge in [-0.2, -0.15) is 0 Å². The second-order valence-electron chi connectivity index (χ2n) is 2.44. The van der Waals surface area contributed by atoms with E-state index in [1.54, 1.807) is 6.20 Å². The van der Waals surface area contributed by atoms with Crippen LogP contribution in [0.1, 0.15) is 18.4 Å². The fourth-order valence-electron chi connectivity index (χ4n) is 0.849. The summed E-state index contributed by atoms with van der Waals surface area (Å²) in [6.07, 6.45) is 1.70. The highest BCUT2D eigenvalue weighted by Crippen LogP contribution is 2.22. The second kappa shape index (κ2) is 4.07. The molecule has 0 N–H and O–H groups in total. The topological polar surface area (TPSA) is 12.9 Å². The molecular formula is C8H9BrClN. The van der Waals surface area contributed by atoms with Gasteiger partial charge in [-0.1, -0.05) is 40.5 Å². The maximum absolute atomic E-state index is 5.87. The van der Waals surface area contributed by atoms with Gasteiger partial charge in [0.1, 0.15) is 5.15 Å². The summed E-state index contributed by atoms with van der Waals surface area (Å²) in [7, 11) is 0. The lowest BCUT2D eigenvalue weighted by Crippen LogP contribution is -1.95. The fourth-order valence-corrected chi connectivity index (χ4v) is 1.50. The standard InChI is InChI=1S/C8H9BrClN/c1-6(5-9)7-3-2-4-11-8(7)10/h2-4,6H,5H2,1H3. The quantitative estimate of drug-likeness (QED) is 0.565. The van der Waals surface area contributed by atoms with Gasteiger partial charge in [-0.15, -0.1) is 0 Å². The van der Waals surface area contributed by atoms with Gasteiger partial charge in [0.25, 0.3) is 0 Å². The van der Waals surface area contributed by atoms with Crippen LogP contribution in [0.25, 0.3) is 0 Å². The first-order chi connectivity index (χ1) is 5.25. The van der Waals surface area contributed by atoms with Crippen LogP contribution >= 0.6 is 27.5 Å². The number of hydrogen-bond donors (Lipinski definition) is 0. The average Bonchev–Trinajstić information content (AvgIpc) is 2.04. The maximum atomic E-state index is 5.87. The second-order valence-corrected chi connectivity index (χ2v) is 3.44. The largest absolute Gasteiger partial charge is 0.244 e. The van der Waals surface area contributed by atoms with Crippen LogP contribution in [0.15, 0.2) is 18.3 Å². The van der Waals surface area contributed by atoms with Gasteiger partial charge >= 0.3 is 0 Å². The zero-order chi connectivity index (χ0) is 8.27. The normalized spacial score (nSPS) is 13.0. The predicted molar refractivity (Wildman–Crippen MR) is 51.5 cm³/mol. The summed E-state index contributed by atoms with van der Waals surface area (Å²) in [5, 5.41) is 1.53. The lowest BCUT2D eigenvalue weighted by atomic mass is 10.1. The van der Waals surface area contributed by atoms with Crippen LogP contribution in [0, 0.1) is 0 Å². The lowest BCUT2D eigenvalue weighted by molar-refractivity contribution is 0.879. The Hall–Kier alpha value is -0.0800. The number of alkyl halides is 1. The Morgan fingerprint density at radius 3 is 3.00 bits per heavy atom. The van der Waals surface area contributed by atoms with E-state index in [0.29, 0.717) is 11.1 Å². The van der Waals surface area contributed by atoms with Gasteiger partial charge in [-0.05, 0) is 17.5 Å². The van der Waals surface area contributed by atoms with Crippen molar-refractivity contribution in [1.82, 2.24) is 4.98 Å². The van der Waals surface area contributed by atoms with Crippen molar-refractivity contribution in [2.24, 2.45) is 0 Å². The Balaban J connectivity index is 2.93. The van der Waals surface area contributed by atoms with Crippen molar-refractivity contribution in [2.45, 2.75) is 12.8 Å². The molecule has 0 amide bonds. The van der Waals surface area contributed by atoms with Crippen molar-refractivity contribution in [3.05, 3.63) is 29.0 Å². The van der Waals surface area contributed by atoms with E-state index < -0.39 is 0 Å². The van der Waals surface area contributed by atoms with Gasteiger partial charge in [0.05, 0.1) is 0 Å². The van der Waals surface area contributed by atoms with Crippen LogP contribution in [0.3, 0.4) is 0 Å². The number of pyridine rings is 1. The Morgan fingerprint density at radius 2 is 2.45 bits per heavy atom. The van der Waals surface area contributed by atoms with Crippen LogP contribution in [0.5, 0.6) is 0 Å². The molecule has 0 saturated carbocycles. The van der Waals surface area contributed by atoms with E-state index in [1.807, 2.05) is 12.1 Å². The van der Waals surface area contributed by atoms with Gasteiger partial charge in [-0.3, -0.25) is 0 Å². The van der Waals surface area contributed by atoms with Crippen LogP contribution in [-0.2, 0) is 0 Å². The highest BCUT2D eigenvalue weighted by molar-refractivity contribution is 9.09. The Labute approximate surface area is 79.9 Å². The monoisotopic (exact) mass is 233 g/mol. The highest BCUT2D eigenvalue weighted by atomic mass is 79.9. The number of halogens is 2. The number of aromatic nitrogens is 1. The van der Waals surface area contributed by atoms with Gasteiger partial charge in [0.15, 0.2) is 0 Å². The first kappa shape index (κ1) is 9.01. The smallest absolute Gasteiger partial charge is 0.132 e. The van der Waals surface area contributed by atoms with Crippen molar-refractivity contribution in [3.63, 3.8) is 0 Å². The van der Waals surface area contributed by atoms with E-state index in [-0.39, 0.29) is 0 Å². The summed E-state index contributed by atoms with van der Waals surface area (Å²) in [5.74, 6) is 0.427. The van der Waals surface area contributed by atoms with E-state index in [9.17, 15) is 0 Å². The molecular weight excluding hydrogens is 225 g/mol. The SMILES string of the molecule is CC(CBr)c1cccnc1Cl. The molecule has 1 rings (SSSR count). The molecule has 0 aliphatic rings. The summed E-state index contributed by atoms with van der Waals surface area (Å²) < 4.78 is 0. The van der Waals surface area contributed by atoms with Crippen LogP contribution < -0.4 is 0 Å². The van der Waals surface area contributed by atoms with Gasteiger partial charge in [0.2, 0.25) is 0 Å². The minimum absolute atomic E-state index is 0.427. The summed E-state index contributed by atoms with van der Waals surface area (Å²) in [5.41, 5.74) is 1.10. The molecule has 1 heterocycles. The zero-order valence-electron chi connectivity index (χ0n) is 6.22. The molecule has 0 saturated heterocycles. The molecule has 0 fully saturated rings. The van der Waals surface area contributed by atoms with E-state index in [1.165, 1.54) is 0 Å². The van der Waals surface area contributed by atoms with E-state index in [4.69, 9.17) is 11.6 Å². The molecule has 0 spiro atoms. The van der Waals surface area contributed by atoms with Crippen molar-refractivity contribution in [3.8, 4) is 0 Å². The molecule has 0 bridgehead atoms. The van der Waals surface area contributed by atoms with Crippen LogP contribution in [-0.4, -0.2) is 10.3 Å². The van der Waals surface area contributed by atoms with Crippen molar-refractivity contribution < 1.29 is 0 Å². The highest BCUT2D eigenvalue weighted by Gasteiger charge is 2.07. The van der Waals surface area contributed by atoms with Gasteiger partial charge < -0.3 is 0 Å². The summed E-state index contributed by atoms with van der Waals surface area (Å²) in [4.78, 5) is 3.99. The molecule has 1 unspecified atom stereocenters. The van der Waals surface area contributed by atoms with E-state index in [0.717, 1.165) is 10.9 Å². The molecule has 1 atom stereocenters. The molecule has 3 heteroatoms. The molecule has 0 radical (unpaired) electrons. The molecule has 60 valence electrons. The molecule has 0 aliphatic carbocycles. The molecule has 1 nitrogen and oxygen atoms in total. The average molecular weight is 235 g/mol. The third-order valence-electron chi connectivity index (χ3n) is 1.55. The molecule has 1 aromatic rings. The van der Waals surface area contributed by atoms with E-state index in [2.05, 4.69) is 27.8 Å². The molecule has 11 heavy (non-hydrogen) atoms. The third kappa shape index (κ3) is 2.17. The number of rotatable bonds is 2. The first-order valence-corrected chi connectivity index (χ1v) is 4.92. The van der Waals surface area contributed by atoms with Crippen molar-refractivity contribution in [2.75, 3.05) is 5.33 Å². The third-order valence-corrected chi connectivity index (χ3v) is 2.84. The van der Waals surface area contributed by atoms with Crippen LogP contribution in [0.4, 0.5) is 0 Å². The Bertz CT molecular complexity index is 239. The molecule has 0 aliphatic heterocycles. The summed E-state index contributed by atoms with van der Waals surface area (Å²) in [6, 6.07) is 3.90. The molecule has 1 aromatic heterocycles. The van der Waals surface area contributed by atoms with E-state index >= 15 is 0 Å². The lowest BCUT2D eigenvalue weighted by Gasteiger charge is -2.07. The zero-order valence-corrected chi connectivity index (χ0v) is 8.56. The Kier molecular flexibility index (Phi) is 3.34. The first-order valence-electron chi connectivity index (χ1n) is 3.42. The summed E-state index contributed by atoms with van der Waals surface area (Å²) >= 11 is 9.27. The predicted octanol–water partition coefficient (Wildman–Crippen LogP) is 3.23. The van der Waals surface area contributed by atoms with Gasteiger partial charge in [-0.25, -0.2) is 4.98 Å². The minimum Gasteiger partial charge on any atom is -0.244 e. The number of hydrogen-bond acceptors (Lipinski definition) is 1. The number of nitrogens with zero attached hydrogens (tertiary/aromatic N) is 1. The Morgan fingerprint density at radius 1 is 1.73 bits per heavy atom. The van der Waals surface area contributed by atoms with Gasteiger partial charge in [0, 0.05) is 11.5 Å². The van der Waals surface area contributed by atoms with Crippen molar-refractivity contribution in [1.29, 1.82) is 0 Å². The molecule has 0 aromatic carbocycles. The van der Waals surface area contributed by atoms with Crippen LogP contribution in [0.2, 0.25) is 5.15 Å². The maximum Gasteiger partial charge on any atom is 0.132 e. The summed E-state index contributed by atoms with van der Waals surface area (Å²) in [6.45, 7) is 2.11. The minimum atomic E-state index is 0.427. The van der Waals surface area contributed by atoms with Crippen molar-refractivity contribution >= 4 is 27.5 Å². The fraction of sp³-hybridized carbons (Fsp3) is 0.375.